The number of anilines is 1. The Kier molecular flexibility index (Phi) is 6.30. The summed E-state index contributed by atoms with van der Waals surface area (Å²) < 4.78 is 0. The summed E-state index contributed by atoms with van der Waals surface area (Å²) in [6.07, 6.45) is 2.32. The molecule has 7 heteroatoms. The van der Waals surface area contributed by atoms with Gasteiger partial charge in [-0.25, -0.2) is 0 Å². The molecule has 0 bridgehead atoms. The molecule has 0 saturated carbocycles. The zero-order chi connectivity index (χ0) is 24.2. The average molecular weight is 467 g/mol. The molecule has 176 valence electrons. The van der Waals surface area contributed by atoms with E-state index >= 15 is 0 Å². The maximum absolute atomic E-state index is 12.8. The minimum atomic E-state index is -0.779. The molecule has 4 aromatic rings. The Hall–Kier alpha value is -4.39. The van der Waals surface area contributed by atoms with Gasteiger partial charge < -0.3 is 20.9 Å². The van der Waals surface area contributed by atoms with E-state index in [1.165, 1.54) is 0 Å². The number of carbonyl (C=O) groups excluding carboxylic acids is 3. The summed E-state index contributed by atoms with van der Waals surface area (Å²) in [5.41, 5.74) is 4.15. The maximum Gasteiger partial charge on any atom is 0.254 e. The molecule has 0 fully saturated rings. The summed E-state index contributed by atoms with van der Waals surface area (Å²) in [4.78, 5) is 41.2. The van der Waals surface area contributed by atoms with E-state index in [1.54, 1.807) is 24.3 Å². The highest BCUT2D eigenvalue weighted by Gasteiger charge is 2.28. The van der Waals surface area contributed by atoms with Crippen molar-refractivity contribution < 1.29 is 14.4 Å². The van der Waals surface area contributed by atoms with E-state index in [4.69, 9.17) is 0 Å². The fourth-order valence-electron chi connectivity index (χ4n) is 4.57. The Morgan fingerprint density at radius 3 is 2.51 bits per heavy atom. The fraction of sp³-hybridized carbons (Fsp3) is 0.179. The molecule has 0 radical (unpaired) electrons. The molecule has 0 spiro atoms. The van der Waals surface area contributed by atoms with Gasteiger partial charge in [-0.2, -0.15) is 0 Å². The van der Waals surface area contributed by atoms with Gasteiger partial charge in [-0.3, -0.25) is 14.4 Å². The van der Waals surface area contributed by atoms with E-state index in [0.717, 1.165) is 22.0 Å². The predicted molar refractivity (Wildman–Crippen MR) is 135 cm³/mol. The van der Waals surface area contributed by atoms with Crippen LogP contribution in [0.25, 0.3) is 10.9 Å². The second kappa shape index (κ2) is 9.85. The van der Waals surface area contributed by atoms with Crippen LogP contribution in [0.2, 0.25) is 0 Å². The molecular formula is C28H26N4O3. The second-order valence-electron chi connectivity index (χ2n) is 8.66. The molecule has 7 nitrogen and oxygen atoms in total. The van der Waals surface area contributed by atoms with Crippen LogP contribution in [0.1, 0.15) is 40.2 Å². The molecule has 2 heterocycles. The lowest BCUT2D eigenvalue weighted by molar-refractivity contribution is -0.121. The van der Waals surface area contributed by atoms with Crippen molar-refractivity contribution >= 4 is 34.3 Å². The third-order valence-corrected chi connectivity index (χ3v) is 6.41. The minimum absolute atomic E-state index is 0.0355. The van der Waals surface area contributed by atoms with Crippen LogP contribution in [0.5, 0.6) is 0 Å². The Balaban J connectivity index is 1.25. The molecule has 0 aliphatic carbocycles. The second-order valence-corrected chi connectivity index (χ2v) is 8.66. The molecule has 2 atom stereocenters. The first-order valence-corrected chi connectivity index (χ1v) is 11.7. The summed E-state index contributed by atoms with van der Waals surface area (Å²) in [6, 6.07) is 24.2. The van der Waals surface area contributed by atoms with Gasteiger partial charge in [-0.1, -0.05) is 60.7 Å². The van der Waals surface area contributed by atoms with Crippen LogP contribution in [0.4, 0.5) is 5.69 Å². The van der Waals surface area contributed by atoms with Crippen LogP contribution in [0.3, 0.4) is 0 Å². The third kappa shape index (κ3) is 4.80. The molecule has 4 N–H and O–H groups in total. The number of benzene rings is 3. The van der Waals surface area contributed by atoms with Gasteiger partial charge in [0.05, 0.1) is 11.3 Å². The molecule has 1 aromatic heterocycles. The first kappa shape index (κ1) is 22.4. The smallest absolute Gasteiger partial charge is 0.254 e. The zero-order valence-corrected chi connectivity index (χ0v) is 19.1. The maximum atomic E-state index is 12.8. The number of hydrogen-bond donors (Lipinski definition) is 4. The summed E-state index contributed by atoms with van der Waals surface area (Å²) in [6.45, 7) is 0.416. The minimum Gasteiger partial charge on any atom is -0.361 e. The monoisotopic (exact) mass is 466 g/mol. The third-order valence-electron chi connectivity index (χ3n) is 6.41. The van der Waals surface area contributed by atoms with Crippen molar-refractivity contribution in [2.24, 2.45) is 0 Å². The lowest BCUT2D eigenvalue weighted by atomic mass is 9.91. The van der Waals surface area contributed by atoms with E-state index in [0.29, 0.717) is 17.8 Å². The first-order valence-electron chi connectivity index (χ1n) is 11.7. The number of amides is 3. The number of rotatable bonds is 7. The lowest BCUT2D eigenvalue weighted by Crippen LogP contribution is -2.42. The predicted octanol–water partition coefficient (Wildman–Crippen LogP) is 3.95. The number of carbonyl (C=O) groups is 3. The number of aromatic amines is 1. The van der Waals surface area contributed by atoms with Gasteiger partial charge in [0.15, 0.2) is 0 Å². The Morgan fingerprint density at radius 1 is 0.914 bits per heavy atom. The van der Waals surface area contributed by atoms with Gasteiger partial charge in [0.1, 0.15) is 6.04 Å². The van der Waals surface area contributed by atoms with Crippen molar-refractivity contribution in [2.45, 2.75) is 24.8 Å². The van der Waals surface area contributed by atoms with Crippen LogP contribution in [0, 0.1) is 0 Å². The van der Waals surface area contributed by atoms with Crippen LogP contribution in [-0.4, -0.2) is 35.3 Å². The molecule has 35 heavy (non-hydrogen) atoms. The summed E-state index contributed by atoms with van der Waals surface area (Å²) in [5, 5.41) is 9.67. The lowest BCUT2D eigenvalue weighted by Gasteiger charge is -2.19. The Bertz CT molecular complexity index is 1380. The number of nitrogens with one attached hydrogen (secondary N) is 4. The zero-order valence-electron chi connectivity index (χ0n) is 19.1. The van der Waals surface area contributed by atoms with Crippen molar-refractivity contribution in [1.29, 1.82) is 0 Å². The Labute approximate surface area is 202 Å². The van der Waals surface area contributed by atoms with Gasteiger partial charge in [-0.15, -0.1) is 0 Å². The number of aromatic nitrogens is 1. The van der Waals surface area contributed by atoms with Crippen LogP contribution < -0.4 is 16.0 Å². The van der Waals surface area contributed by atoms with Crippen molar-refractivity contribution in [2.75, 3.05) is 11.9 Å². The molecule has 3 amide bonds. The standard InChI is InChI=1S/C28H26N4O3/c33-26(15-14-25-28(35)31-24-13-7-5-11-20(24)27(34)32-25)30-16-21(18-8-2-1-3-9-18)22-17-29-23-12-6-4-10-19(22)23/h1-13,17,21,25,29H,14-16H2,(H,30,33)(H,31,35)(H,32,34)/t21-,25-/m1/s1. The van der Waals surface area contributed by atoms with Crippen LogP contribution >= 0.6 is 0 Å². The molecule has 5 rings (SSSR count). The van der Waals surface area contributed by atoms with Gasteiger partial charge in [0.25, 0.3) is 5.91 Å². The number of H-pyrrole nitrogens is 1. The summed E-state index contributed by atoms with van der Waals surface area (Å²) in [7, 11) is 0. The normalized spacial score (nSPS) is 16.1. The van der Waals surface area contributed by atoms with E-state index in [1.807, 2.05) is 42.6 Å². The van der Waals surface area contributed by atoms with Crippen LogP contribution in [0.15, 0.2) is 85.1 Å². The van der Waals surface area contributed by atoms with Gasteiger partial charge in [0, 0.05) is 36.0 Å². The molecule has 0 unspecified atom stereocenters. The van der Waals surface area contributed by atoms with Crippen molar-refractivity contribution in [3.8, 4) is 0 Å². The van der Waals surface area contributed by atoms with Gasteiger partial charge >= 0.3 is 0 Å². The number of para-hydroxylation sites is 2. The van der Waals surface area contributed by atoms with E-state index in [-0.39, 0.29) is 36.5 Å². The molecule has 0 saturated heterocycles. The highest BCUT2D eigenvalue weighted by molar-refractivity contribution is 6.09. The quantitative estimate of drug-likeness (QED) is 0.332. The topological polar surface area (TPSA) is 103 Å². The summed E-state index contributed by atoms with van der Waals surface area (Å²) >= 11 is 0. The highest BCUT2D eigenvalue weighted by atomic mass is 16.2. The van der Waals surface area contributed by atoms with Crippen molar-refractivity contribution in [3.63, 3.8) is 0 Å². The number of hydrogen-bond acceptors (Lipinski definition) is 3. The van der Waals surface area contributed by atoms with Crippen molar-refractivity contribution in [3.05, 3.63) is 102 Å². The number of fused-ring (bicyclic) bond motifs is 2. The first-order chi connectivity index (χ1) is 17.1. The molecule has 3 aromatic carbocycles. The van der Waals surface area contributed by atoms with Crippen LogP contribution in [-0.2, 0) is 9.59 Å². The average Bonchev–Trinajstić information content (AvgIpc) is 3.26. The van der Waals surface area contributed by atoms with Crippen molar-refractivity contribution in [1.82, 2.24) is 15.6 Å². The highest BCUT2D eigenvalue weighted by Crippen LogP contribution is 2.30. The molecular weight excluding hydrogens is 440 g/mol. The van der Waals surface area contributed by atoms with Gasteiger partial charge in [0.2, 0.25) is 11.8 Å². The van der Waals surface area contributed by atoms with Gasteiger partial charge in [-0.05, 0) is 35.7 Å². The SMILES string of the molecule is O=C(CC[C@H]1NC(=O)c2ccccc2NC1=O)NC[C@H](c1ccccc1)c1c[nH]c2ccccc12. The molecule has 1 aliphatic rings. The summed E-state index contributed by atoms with van der Waals surface area (Å²) in [5.74, 6) is -0.855. The van der Waals surface area contributed by atoms with E-state index < -0.39 is 6.04 Å². The largest absolute Gasteiger partial charge is 0.361 e. The fourth-order valence-corrected chi connectivity index (χ4v) is 4.57. The Morgan fingerprint density at radius 2 is 1.66 bits per heavy atom. The van der Waals surface area contributed by atoms with E-state index in [2.05, 4.69) is 39.1 Å². The van der Waals surface area contributed by atoms with E-state index in [9.17, 15) is 14.4 Å². The molecule has 1 aliphatic heterocycles.